The number of carbonyl (C=O) groups excluding carboxylic acids is 4. The third kappa shape index (κ3) is 15.0. The van der Waals surface area contributed by atoms with E-state index in [1.54, 1.807) is 7.11 Å². The molecular formula is C32H56N2O9. The molecule has 0 heterocycles. The fraction of sp³-hybridized carbons (Fsp3) is 0.750. The van der Waals surface area contributed by atoms with Gasteiger partial charge in [-0.15, -0.1) is 0 Å². The summed E-state index contributed by atoms with van der Waals surface area (Å²) in [5.41, 5.74) is -1.27. The maximum absolute atomic E-state index is 12.4. The second kappa shape index (κ2) is 18.8. The normalized spacial score (nSPS) is 15.7. The fourth-order valence-electron chi connectivity index (χ4n) is 4.44. The first kappa shape index (κ1) is 40.2. The number of hydrogen-bond donors (Lipinski definition) is 2. The van der Waals surface area contributed by atoms with Crippen LogP contribution in [0.4, 0.5) is 0 Å². The minimum absolute atomic E-state index is 0.212. The van der Waals surface area contributed by atoms with Crippen LogP contribution in [0, 0.1) is 5.41 Å². The molecule has 0 aliphatic carbocycles. The van der Waals surface area contributed by atoms with Gasteiger partial charge in [0, 0.05) is 23.7 Å². The van der Waals surface area contributed by atoms with Gasteiger partial charge in [0.05, 0.1) is 43.1 Å². The lowest BCUT2D eigenvalue weighted by Gasteiger charge is -2.45. The van der Waals surface area contributed by atoms with Crippen LogP contribution in [0.5, 0.6) is 0 Å². The van der Waals surface area contributed by atoms with Gasteiger partial charge in [0.15, 0.2) is 13.2 Å². The second-order valence-electron chi connectivity index (χ2n) is 12.2. The summed E-state index contributed by atoms with van der Waals surface area (Å²) >= 11 is 0. The molecule has 2 amide bonds. The lowest BCUT2D eigenvalue weighted by atomic mass is 9.71. The number of methoxy groups -OCH3 is 1. The van der Waals surface area contributed by atoms with E-state index < -0.39 is 46.9 Å². The van der Waals surface area contributed by atoms with Gasteiger partial charge in [-0.2, -0.15) is 0 Å². The van der Waals surface area contributed by atoms with E-state index in [0.717, 1.165) is 6.42 Å². The van der Waals surface area contributed by atoms with Gasteiger partial charge < -0.3 is 34.3 Å². The highest BCUT2D eigenvalue weighted by molar-refractivity contribution is 5.90. The van der Waals surface area contributed by atoms with E-state index >= 15 is 0 Å². The van der Waals surface area contributed by atoms with Gasteiger partial charge in [-0.1, -0.05) is 33.9 Å². The van der Waals surface area contributed by atoms with Crippen molar-refractivity contribution in [3.05, 3.63) is 24.3 Å². The van der Waals surface area contributed by atoms with Gasteiger partial charge in [-0.05, 0) is 67.2 Å². The molecule has 43 heavy (non-hydrogen) atoms. The van der Waals surface area contributed by atoms with Crippen LogP contribution in [-0.2, 0) is 42.9 Å². The SMILES string of the molecule is C=C(C)C(=O)OCC(=O)NC(CC)COC(C)(CC)CC(CC)(COC)C(C)OCC(C)(C)NC(=O)COC(=O)C(=C)C. The molecule has 11 heteroatoms. The summed E-state index contributed by atoms with van der Waals surface area (Å²) in [5.74, 6) is -2.08. The molecule has 0 aliphatic rings. The molecule has 0 rings (SSSR count). The van der Waals surface area contributed by atoms with Crippen molar-refractivity contribution in [3.63, 3.8) is 0 Å². The molecule has 0 aromatic carbocycles. The molecule has 4 atom stereocenters. The Morgan fingerprint density at radius 2 is 1.37 bits per heavy atom. The Balaban J connectivity index is 5.39. The predicted octanol–water partition coefficient (Wildman–Crippen LogP) is 4.04. The van der Waals surface area contributed by atoms with E-state index in [0.29, 0.717) is 25.9 Å². The molecular weight excluding hydrogens is 556 g/mol. The Kier molecular flexibility index (Phi) is 17.6. The van der Waals surface area contributed by atoms with Crippen LogP contribution >= 0.6 is 0 Å². The van der Waals surface area contributed by atoms with E-state index in [1.807, 2.05) is 34.6 Å². The van der Waals surface area contributed by atoms with Crippen molar-refractivity contribution in [3.8, 4) is 0 Å². The van der Waals surface area contributed by atoms with E-state index in [9.17, 15) is 19.2 Å². The quantitative estimate of drug-likeness (QED) is 0.137. The number of hydrogen-bond acceptors (Lipinski definition) is 9. The smallest absolute Gasteiger partial charge is 0.333 e. The maximum atomic E-state index is 12.4. The van der Waals surface area contributed by atoms with Crippen molar-refractivity contribution in [2.45, 2.75) is 111 Å². The number of rotatable bonds is 22. The van der Waals surface area contributed by atoms with Gasteiger partial charge in [-0.3, -0.25) is 9.59 Å². The minimum atomic E-state index is -0.733. The van der Waals surface area contributed by atoms with Crippen LogP contribution in [0.3, 0.4) is 0 Å². The second-order valence-corrected chi connectivity index (χ2v) is 12.2. The van der Waals surface area contributed by atoms with Crippen molar-refractivity contribution in [1.82, 2.24) is 10.6 Å². The first-order valence-electron chi connectivity index (χ1n) is 14.9. The van der Waals surface area contributed by atoms with Crippen LogP contribution in [0.1, 0.15) is 88.0 Å². The summed E-state index contributed by atoms with van der Waals surface area (Å²) in [7, 11) is 1.65. The Morgan fingerprint density at radius 1 is 0.837 bits per heavy atom. The molecule has 0 aliphatic heterocycles. The summed E-state index contributed by atoms with van der Waals surface area (Å²) < 4.78 is 28.4. The van der Waals surface area contributed by atoms with Crippen molar-refractivity contribution in [2.75, 3.05) is 40.1 Å². The van der Waals surface area contributed by atoms with Crippen molar-refractivity contribution in [2.24, 2.45) is 5.41 Å². The highest BCUT2D eigenvalue weighted by atomic mass is 16.5. The lowest BCUT2D eigenvalue weighted by Crippen LogP contribution is -2.52. The Bertz CT molecular complexity index is 964. The number of carbonyl (C=O) groups is 4. The first-order chi connectivity index (χ1) is 19.9. The summed E-state index contributed by atoms with van der Waals surface area (Å²) in [6.07, 6.45) is 2.42. The van der Waals surface area contributed by atoms with Gasteiger partial charge in [-0.25, -0.2) is 9.59 Å². The van der Waals surface area contributed by atoms with Crippen LogP contribution in [0.15, 0.2) is 24.3 Å². The van der Waals surface area contributed by atoms with Crippen molar-refractivity contribution < 1.29 is 42.9 Å². The van der Waals surface area contributed by atoms with Gasteiger partial charge >= 0.3 is 11.9 Å². The topological polar surface area (TPSA) is 138 Å². The van der Waals surface area contributed by atoms with Crippen molar-refractivity contribution >= 4 is 23.8 Å². The lowest BCUT2D eigenvalue weighted by molar-refractivity contribution is -0.148. The molecule has 0 aromatic heterocycles. The molecule has 0 saturated carbocycles. The van der Waals surface area contributed by atoms with Crippen LogP contribution in [0.25, 0.3) is 0 Å². The van der Waals surface area contributed by atoms with Crippen LogP contribution < -0.4 is 10.6 Å². The van der Waals surface area contributed by atoms with Gasteiger partial charge in [0.25, 0.3) is 11.8 Å². The number of nitrogens with one attached hydrogen (secondary N) is 2. The predicted molar refractivity (Wildman–Crippen MR) is 165 cm³/mol. The number of amides is 2. The zero-order valence-corrected chi connectivity index (χ0v) is 28.1. The molecule has 4 unspecified atom stereocenters. The monoisotopic (exact) mass is 612 g/mol. The Morgan fingerprint density at radius 3 is 1.81 bits per heavy atom. The molecule has 248 valence electrons. The highest BCUT2D eigenvalue weighted by Crippen LogP contribution is 2.40. The largest absolute Gasteiger partial charge is 0.452 e. The van der Waals surface area contributed by atoms with E-state index in [4.69, 9.17) is 23.7 Å². The molecule has 0 bridgehead atoms. The summed E-state index contributed by atoms with van der Waals surface area (Å²) in [6.45, 7) is 24.0. The average Bonchev–Trinajstić information content (AvgIpc) is 2.94. The van der Waals surface area contributed by atoms with E-state index in [2.05, 4.69) is 37.6 Å². The minimum Gasteiger partial charge on any atom is -0.452 e. The zero-order valence-electron chi connectivity index (χ0n) is 28.1. The Hall–Kier alpha value is -2.76. The molecule has 2 N–H and O–H groups in total. The maximum Gasteiger partial charge on any atom is 0.333 e. The van der Waals surface area contributed by atoms with Crippen molar-refractivity contribution in [1.29, 1.82) is 0 Å². The third-order valence-corrected chi connectivity index (χ3v) is 7.50. The van der Waals surface area contributed by atoms with E-state index in [-0.39, 0.29) is 43.1 Å². The molecule has 0 saturated heterocycles. The Labute approximate surface area is 258 Å². The fourth-order valence-corrected chi connectivity index (χ4v) is 4.44. The standard InChI is InChI=1S/C32H56N2O9/c1-13-25(33-26(35)17-40-28(37)22(4)5)16-43-31(11,14-2)19-32(15-3,21-39-12)24(8)42-20-30(9,10)34-27(36)18-41-29(38)23(6)7/h24-25H,4,6,13-21H2,1-3,5,7-12H3,(H,33,35)(H,34,36). The zero-order chi connectivity index (χ0) is 33.4. The molecule has 0 spiro atoms. The summed E-state index contributed by atoms with van der Waals surface area (Å²) in [4.78, 5) is 47.9. The first-order valence-corrected chi connectivity index (χ1v) is 14.9. The number of ether oxygens (including phenoxy) is 5. The van der Waals surface area contributed by atoms with Crippen LogP contribution in [-0.4, -0.2) is 87.2 Å². The molecule has 0 radical (unpaired) electrons. The highest BCUT2D eigenvalue weighted by Gasteiger charge is 2.43. The average molecular weight is 613 g/mol. The molecule has 0 aromatic rings. The molecule has 11 nitrogen and oxygen atoms in total. The third-order valence-electron chi connectivity index (χ3n) is 7.50. The summed E-state index contributed by atoms with van der Waals surface area (Å²) in [5, 5.41) is 5.72. The van der Waals surface area contributed by atoms with Gasteiger partial charge in [0.1, 0.15) is 0 Å². The van der Waals surface area contributed by atoms with Crippen LogP contribution in [0.2, 0.25) is 0 Å². The van der Waals surface area contributed by atoms with Gasteiger partial charge in [0.2, 0.25) is 0 Å². The van der Waals surface area contributed by atoms with E-state index in [1.165, 1.54) is 13.8 Å². The molecule has 0 fully saturated rings. The summed E-state index contributed by atoms with van der Waals surface area (Å²) in [6, 6.07) is -0.270. The number of esters is 2.